The summed E-state index contributed by atoms with van der Waals surface area (Å²) in [6.45, 7) is 0. The lowest BCUT2D eigenvalue weighted by Crippen LogP contribution is -1.91. The topological polar surface area (TPSA) is 53.1 Å². The summed E-state index contributed by atoms with van der Waals surface area (Å²) in [6.07, 6.45) is 0.539. The van der Waals surface area contributed by atoms with Crippen LogP contribution in [-0.2, 0) is 6.42 Å². The number of rotatable bonds is 2. The van der Waals surface area contributed by atoms with Crippen LogP contribution in [-0.4, -0.2) is 10.1 Å². The molecule has 1 heterocycles. The molecule has 3 nitrogen and oxygen atoms in total. The number of hydrogen-bond donors (Lipinski definition) is 2. The number of aromatic nitrogens is 1. The van der Waals surface area contributed by atoms with Crippen LogP contribution < -0.4 is 4.87 Å². The van der Waals surface area contributed by atoms with E-state index in [0.717, 1.165) is 27.7 Å². The summed E-state index contributed by atoms with van der Waals surface area (Å²) in [6, 6.07) is 18.6. The maximum absolute atomic E-state index is 11.4. The minimum Gasteiger partial charge on any atom is -0.494 e. The molecule has 0 aliphatic rings. The van der Waals surface area contributed by atoms with E-state index in [2.05, 4.69) is 35.3 Å². The van der Waals surface area contributed by atoms with Gasteiger partial charge in [-0.3, -0.25) is 9.78 Å². The van der Waals surface area contributed by atoms with Gasteiger partial charge < -0.3 is 5.11 Å². The van der Waals surface area contributed by atoms with Gasteiger partial charge in [-0.15, -0.1) is 0 Å². The quantitative estimate of drug-likeness (QED) is 0.549. The van der Waals surface area contributed by atoms with Gasteiger partial charge in [-0.25, -0.2) is 0 Å². The van der Waals surface area contributed by atoms with Gasteiger partial charge in [0.15, 0.2) is 0 Å². The molecule has 0 unspecified atom stereocenters. The molecule has 108 valence electrons. The lowest BCUT2D eigenvalue weighted by Gasteiger charge is -2.11. The van der Waals surface area contributed by atoms with Crippen molar-refractivity contribution in [2.24, 2.45) is 0 Å². The van der Waals surface area contributed by atoms with Crippen molar-refractivity contribution in [1.82, 2.24) is 4.98 Å². The Kier molecular flexibility index (Phi) is 2.98. The summed E-state index contributed by atoms with van der Waals surface area (Å²) < 4.78 is 0. The van der Waals surface area contributed by atoms with E-state index in [0.29, 0.717) is 11.3 Å². The first-order valence-electron chi connectivity index (χ1n) is 7.03. The van der Waals surface area contributed by atoms with E-state index in [4.69, 9.17) is 0 Å². The molecule has 0 saturated heterocycles. The fraction of sp³-hybridized carbons (Fsp3) is 0.0556. The number of benzene rings is 3. The van der Waals surface area contributed by atoms with E-state index in [1.807, 2.05) is 24.3 Å². The molecule has 4 aromatic rings. The number of nitrogens with one attached hydrogen (secondary N) is 1. The zero-order chi connectivity index (χ0) is 15.1. The Hall–Kier alpha value is -2.59. The van der Waals surface area contributed by atoms with E-state index < -0.39 is 0 Å². The Bertz CT molecular complexity index is 992. The molecular weight excluding hydrogens is 294 g/mol. The van der Waals surface area contributed by atoms with E-state index in [1.54, 1.807) is 0 Å². The largest absolute Gasteiger partial charge is 0.494 e. The van der Waals surface area contributed by atoms with Gasteiger partial charge in [-0.05, 0) is 33.2 Å². The van der Waals surface area contributed by atoms with Gasteiger partial charge in [0.05, 0.1) is 4.88 Å². The Morgan fingerprint density at radius 3 is 2.09 bits per heavy atom. The molecule has 0 aliphatic heterocycles. The van der Waals surface area contributed by atoms with Gasteiger partial charge in [-0.2, -0.15) is 0 Å². The molecule has 0 radical (unpaired) electrons. The molecule has 2 N–H and O–H groups in total. The van der Waals surface area contributed by atoms with Crippen LogP contribution in [0.5, 0.6) is 5.88 Å². The summed E-state index contributed by atoms with van der Waals surface area (Å²) in [5.74, 6) is -0.0213. The van der Waals surface area contributed by atoms with Crippen molar-refractivity contribution in [1.29, 1.82) is 0 Å². The second-order valence-electron chi connectivity index (χ2n) is 5.26. The highest BCUT2D eigenvalue weighted by molar-refractivity contribution is 7.09. The standard InChI is InChI=1S/C18H13NO2S/c20-17-16(22-18(21)19-17)10-15-13-7-3-1-5-11(13)9-12-6-2-4-8-14(12)15/h1-9,20H,10H2,(H,19,21). The van der Waals surface area contributed by atoms with Crippen molar-refractivity contribution in [3.63, 3.8) is 0 Å². The monoisotopic (exact) mass is 307 g/mol. The maximum atomic E-state index is 11.4. The molecule has 3 aromatic carbocycles. The first-order valence-corrected chi connectivity index (χ1v) is 7.84. The van der Waals surface area contributed by atoms with Gasteiger partial charge in [0.25, 0.3) is 0 Å². The highest BCUT2D eigenvalue weighted by Crippen LogP contribution is 2.32. The van der Waals surface area contributed by atoms with Crippen LogP contribution in [0.2, 0.25) is 0 Å². The van der Waals surface area contributed by atoms with Crippen molar-refractivity contribution in [3.8, 4) is 5.88 Å². The second-order valence-corrected chi connectivity index (χ2v) is 6.33. The van der Waals surface area contributed by atoms with Crippen LogP contribution in [0, 0.1) is 0 Å². The van der Waals surface area contributed by atoms with Crippen LogP contribution in [0.1, 0.15) is 10.4 Å². The first kappa shape index (κ1) is 13.1. The highest BCUT2D eigenvalue weighted by Gasteiger charge is 2.13. The Morgan fingerprint density at radius 1 is 0.955 bits per heavy atom. The molecule has 0 fully saturated rings. The van der Waals surface area contributed by atoms with Crippen molar-refractivity contribution in [2.45, 2.75) is 6.42 Å². The number of aromatic hydroxyl groups is 1. The molecular formula is C18H13NO2S. The predicted molar refractivity (Wildman–Crippen MR) is 90.9 cm³/mol. The SMILES string of the molecule is O=c1[nH]c(O)c(Cc2c3ccccc3cc3ccccc23)s1. The summed E-state index contributed by atoms with van der Waals surface area (Å²) >= 11 is 1.07. The van der Waals surface area contributed by atoms with E-state index in [1.165, 1.54) is 10.8 Å². The third kappa shape index (κ3) is 2.09. The Morgan fingerprint density at radius 2 is 1.55 bits per heavy atom. The fourth-order valence-electron chi connectivity index (χ4n) is 2.93. The molecule has 0 bridgehead atoms. The van der Waals surface area contributed by atoms with Crippen LogP contribution in [0.3, 0.4) is 0 Å². The number of hydrogen-bond acceptors (Lipinski definition) is 3. The molecule has 0 atom stereocenters. The number of thiazole rings is 1. The van der Waals surface area contributed by atoms with E-state index in [9.17, 15) is 9.90 Å². The molecule has 0 aliphatic carbocycles. The van der Waals surface area contributed by atoms with Crippen molar-refractivity contribution >= 4 is 32.9 Å². The number of H-pyrrole nitrogens is 1. The van der Waals surface area contributed by atoms with Crippen molar-refractivity contribution < 1.29 is 5.11 Å². The highest BCUT2D eigenvalue weighted by atomic mass is 32.1. The number of aromatic amines is 1. The van der Waals surface area contributed by atoms with Crippen molar-refractivity contribution in [3.05, 3.63) is 74.7 Å². The average Bonchev–Trinajstić information content (AvgIpc) is 2.84. The normalized spacial score (nSPS) is 11.3. The third-order valence-corrected chi connectivity index (χ3v) is 4.79. The summed E-state index contributed by atoms with van der Waals surface area (Å²) in [7, 11) is 0. The van der Waals surface area contributed by atoms with Crippen LogP contribution in [0.4, 0.5) is 0 Å². The minimum absolute atomic E-state index is 0.0213. The van der Waals surface area contributed by atoms with Crippen LogP contribution >= 0.6 is 11.3 Å². The predicted octanol–water partition coefficient (Wildman–Crippen LogP) is 4.04. The van der Waals surface area contributed by atoms with Gasteiger partial charge >= 0.3 is 4.87 Å². The van der Waals surface area contributed by atoms with Gasteiger partial charge in [0, 0.05) is 6.42 Å². The lowest BCUT2D eigenvalue weighted by atomic mass is 9.94. The summed E-state index contributed by atoms with van der Waals surface area (Å²) in [5.41, 5.74) is 1.14. The fourth-order valence-corrected chi connectivity index (χ4v) is 3.67. The molecule has 4 heteroatoms. The van der Waals surface area contributed by atoms with Crippen molar-refractivity contribution in [2.75, 3.05) is 0 Å². The smallest absolute Gasteiger partial charge is 0.307 e. The van der Waals surface area contributed by atoms with Crippen LogP contribution in [0.15, 0.2) is 59.4 Å². The second kappa shape index (κ2) is 5.00. The molecule has 0 amide bonds. The van der Waals surface area contributed by atoms with Gasteiger partial charge in [0.2, 0.25) is 5.88 Å². The maximum Gasteiger partial charge on any atom is 0.307 e. The molecule has 0 spiro atoms. The van der Waals surface area contributed by atoms with E-state index in [-0.39, 0.29) is 10.8 Å². The zero-order valence-corrected chi connectivity index (χ0v) is 12.5. The first-order chi connectivity index (χ1) is 10.7. The Labute approximate surface area is 130 Å². The lowest BCUT2D eigenvalue weighted by molar-refractivity contribution is 0.451. The van der Waals surface area contributed by atoms with Crippen LogP contribution in [0.25, 0.3) is 21.5 Å². The molecule has 0 saturated carbocycles. The zero-order valence-electron chi connectivity index (χ0n) is 11.7. The third-order valence-electron chi connectivity index (χ3n) is 3.92. The average molecular weight is 307 g/mol. The summed E-state index contributed by atoms with van der Waals surface area (Å²) in [4.78, 5) is 14.3. The minimum atomic E-state index is -0.225. The Balaban J connectivity index is 2.04. The molecule has 1 aromatic heterocycles. The summed E-state index contributed by atoms with van der Waals surface area (Å²) in [5, 5.41) is 14.5. The van der Waals surface area contributed by atoms with Gasteiger partial charge in [0.1, 0.15) is 0 Å². The van der Waals surface area contributed by atoms with Gasteiger partial charge in [-0.1, -0.05) is 59.9 Å². The molecule has 22 heavy (non-hydrogen) atoms. The number of fused-ring (bicyclic) bond motifs is 2. The van der Waals surface area contributed by atoms with E-state index >= 15 is 0 Å². The molecule has 4 rings (SSSR count).